The highest BCUT2D eigenvalue weighted by Gasteiger charge is 2.22. The lowest BCUT2D eigenvalue weighted by Crippen LogP contribution is -2.37. The molecular formula is C90H164NO8P. The number of carbonyl (C=O) groups is 2. The van der Waals surface area contributed by atoms with E-state index in [-0.39, 0.29) is 32.0 Å². The first-order valence-electron chi connectivity index (χ1n) is 42.9. The summed E-state index contributed by atoms with van der Waals surface area (Å²) in [6.45, 7) is 4.17. The fourth-order valence-electron chi connectivity index (χ4n) is 12.6. The van der Waals surface area contributed by atoms with Crippen molar-refractivity contribution in [3.63, 3.8) is 0 Å². The molecule has 0 heterocycles. The Hall–Kier alpha value is -3.07. The molecule has 0 fully saturated rings. The normalized spacial score (nSPS) is 13.5. The number of carbonyl (C=O) groups excluding carboxylic acids is 2. The number of phosphoric ester groups is 1. The molecule has 2 atom stereocenters. The lowest BCUT2D eigenvalue weighted by atomic mass is 10.0. The average Bonchev–Trinajstić information content (AvgIpc) is 1.65. The van der Waals surface area contributed by atoms with Gasteiger partial charge in [-0.3, -0.25) is 14.2 Å². The van der Waals surface area contributed by atoms with Crippen molar-refractivity contribution >= 4 is 19.8 Å². The largest absolute Gasteiger partial charge is 0.756 e. The summed E-state index contributed by atoms with van der Waals surface area (Å²) in [6, 6.07) is 0. The SMILES string of the molecule is CC/C=C\C/C=C\C/C=C\C/C=C\C/C=C\CCCCCCCCCCCCCCCCCCCCCC(=O)OC(COC(=O)CCCCCCCCCCCCCCCCCCCCCCCCCCCC/C=C\C/C=C\C/C=C\CCCCCCC)COP(=O)([O-])OCC[N+](C)(C)C. The molecule has 0 aliphatic rings. The maximum Gasteiger partial charge on any atom is 0.306 e. The Morgan fingerprint density at radius 3 is 0.850 bits per heavy atom. The van der Waals surface area contributed by atoms with E-state index in [1.807, 2.05) is 21.1 Å². The average molecular weight is 1420 g/mol. The molecular weight excluding hydrogens is 1250 g/mol. The number of allylic oxidation sites excluding steroid dienone is 16. The van der Waals surface area contributed by atoms with Crippen LogP contribution in [0.15, 0.2) is 97.2 Å². The van der Waals surface area contributed by atoms with E-state index in [0.717, 1.165) is 83.5 Å². The molecule has 0 aromatic heterocycles. The molecule has 0 amide bonds. The van der Waals surface area contributed by atoms with E-state index in [2.05, 4.69) is 111 Å². The van der Waals surface area contributed by atoms with E-state index < -0.39 is 26.5 Å². The van der Waals surface area contributed by atoms with E-state index in [4.69, 9.17) is 18.5 Å². The van der Waals surface area contributed by atoms with E-state index in [9.17, 15) is 19.0 Å². The molecule has 0 aliphatic carbocycles. The maximum absolute atomic E-state index is 12.9. The van der Waals surface area contributed by atoms with Gasteiger partial charge >= 0.3 is 11.9 Å². The Kier molecular flexibility index (Phi) is 77.6. The van der Waals surface area contributed by atoms with Crippen LogP contribution in [-0.2, 0) is 32.7 Å². The number of unbranched alkanes of at least 4 members (excludes halogenated alkanes) is 50. The number of esters is 2. The first kappa shape index (κ1) is 96.9. The molecule has 9 nitrogen and oxygen atoms in total. The van der Waals surface area contributed by atoms with E-state index in [0.29, 0.717) is 17.4 Å². The van der Waals surface area contributed by atoms with Gasteiger partial charge in [0.1, 0.15) is 19.8 Å². The van der Waals surface area contributed by atoms with Crippen LogP contribution in [0.4, 0.5) is 0 Å². The number of nitrogens with zero attached hydrogens (tertiary/aromatic N) is 1. The Balaban J connectivity index is 3.88. The number of hydrogen-bond donors (Lipinski definition) is 0. The van der Waals surface area contributed by atoms with Crippen LogP contribution in [0.2, 0.25) is 0 Å². The van der Waals surface area contributed by atoms with Crippen LogP contribution in [0.3, 0.4) is 0 Å². The fourth-order valence-corrected chi connectivity index (χ4v) is 13.3. The minimum Gasteiger partial charge on any atom is -0.756 e. The van der Waals surface area contributed by atoms with Gasteiger partial charge in [-0.1, -0.05) is 400 Å². The standard InChI is InChI=1S/C90H164NO8P/c1-6-8-10-12-14-16-18-20-22-24-26-28-30-32-34-36-38-40-42-43-44-45-46-47-49-50-52-54-56-58-60-62-64-66-68-70-72-74-76-78-80-82-89(92)96-86-88(87-98-100(94,95)97-85-84-91(3,4)5)99-90(93)83-81-79-77-75-73-71-69-67-65-63-61-59-57-55-53-51-48-41-39-37-35-33-31-29-27-25-23-21-19-17-15-13-11-9-7-2/h9,11,15,17-18,20-21,23-24,26-27,29-30,32-33,35,88H,6-8,10,12-14,16,19,22,25,28,31,34,36-87H2,1-5H3/b11-9-,17-15-,20-18-,23-21-,26-24-,29-27-,32-30-,35-33-. The Labute approximate surface area is 621 Å². The van der Waals surface area contributed by atoms with Gasteiger partial charge < -0.3 is 27.9 Å². The Morgan fingerprint density at radius 2 is 0.570 bits per heavy atom. The summed E-state index contributed by atoms with van der Waals surface area (Å²) in [6.07, 6.45) is 113. The minimum absolute atomic E-state index is 0.0302. The number of hydrogen-bond acceptors (Lipinski definition) is 8. The topological polar surface area (TPSA) is 111 Å². The highest BCUT2D eigenvalue weighted by molar-refractivity contribution is 7.45. The van der Waals surface area contributed by atoms with Crippen molar-refractivity contribution in [1.29, 1.82) is 0 Å². The van der Waals surface area contributed by atoms with Crippen molar-refractivity contribution < 1.29 is 42.1 Å². The van der Waals surface area contributed by atoms with Crippen molar-refractivity contribution in [1.82, 2.24) is 0 Å². The van der Waals surface area contributed by atoms with Crippen LogP contribution in [0.1, 0.15) is 412 Å². The van der Waals surface area contributed by atoms with Gasteiger partial charge in [0, 0.05) is 12.8 Å². The van der Waals surface area contributed by atoms with Crippen molar-refractivity contribution in [3.8, 4) is 0 Å². The predicted molar refractivity (Wildman–Crippen MR) is 434 cm³/mol. The van der Waals surface area contributed by atoms with Gasteiger partial charge in [0.05, 0.1) is 27.7 Å². The molecule has 582 valence electrons. The van der Waals surface area contributed by atoms with Crippen molar-refractivity contribution in [3.05, 3.63) is 97.2 Å². The van der Waals surface area contributed by atoms with Crippen LogP contribution in [-0.4, -0.2) is 70.0 Å². The van der Waals surface area contributed by atoms with Gasteiger partial charge in [-0.2, -0.15) is 0 Å². The summed E-state index contributed by atoms with van der Waals surface area (Å²) < 4.78 is 34.5. The molecule has 0 saturated carbocycles. The van der Waals surface area contributed by atoms with Crippen molar-refractivity contribution in [2.45, 2.75) is 418 Å². The summed E-state index contributed by atoms with van der Waals surface area (Å²) >= 11 is 0. The first-order valence-corrected chi connectivity index (χ1v) is 44.4. The third-order valence-corrected chi connectivity index (χ3v) is 20.1. The molecule has 0 rings (SSSR count). The summed E-state index contributed by atoms with van der Waals surface area (Å²) in [4.78, 5) is 38.2. The second-order valence-corrected chi connectivity index (χ2v) is 31.6. The summed E-state index contributed by atoms with van der Waals surface area (Å²) in [5, 5.41) is 0. The van der Waals surface area contributed by atoms with Gasteiger partial charge in [-0.15, -0.1) is 0 Å². The molecule has 100 heavy (non-hydrogen) atoms. The van der Waals surface area contributed by atoms with Crippen LogP contribution >= 0.6 is 7.82 Å². The zero-order valence-corrected chi connectivity index (χ0v) is 67.5. The van der Waals surface area contributed by atoms with Gasteiger partial charge in [-0.25, -0.2) is 0 Å². The molecule has 0 aromatic rings. The number of quaternary nitrogens is 1. The number of likely N-dealkylation sites (N-methyl/N-ethyl adjacent to an activating group) is 1. The molecule has 0 radical (unpaired) electrons. The molecule has 0 bridgehead atoms. The highest BCUT2D eigenvalue weighted by atomic mass is 31.2. The molecule has 10 heteroatoms. The third-order valence-electron chi connectivity index (χ3n) is 19.1. The fraction of sp³-hybridized carbons (Fsp3) is 0.800. The molecule has 0 spiro atoms. The molecule has 2 unspecified atom stereocenters. The zero-order valence-electron chi connectivity index (χ0n) is 66.6. The second-order valence-electron chi connectivity index (χ2n) is 30.2. The first-order chi connectivity index (χ1) is 49.0. The summed E-state index contributed by atoms with van der Waals surface area (Å²) in [5.74, 6) is -0.813. The minimum atomic E-state index is -4.65. The van der Waals surface area contributed by atoms with Crippen molar-refractivity contribution in [2.75, 3.05) is 47.5 Å². The monoisotopic (exact) mass is 1420 g/mol. The van der Waals surface area contributed by atoms with Gasteiger partial charge in [0.15, 0.2) is 6.10 Å². The van der Waals surface area contributed by atoms with Crippen LogP contribution < -0.4 is 4.89 Å². The number of ether oxygens (including phenoxy) is 2. The molecule has 0 aliphatic heterocycles. The molecule has 0 N–H and O–H groups in total. The number of phosphoric acid groups is 1. The summed E-state index contributed by atoms with van der Waals surface area (Å²) in [5.41, 5.74) is 0. The van der Waals surface area contributed by atoms with Gasteiger partial charge in [0.2, 0.25) is 0 Å². The van der Waals surface area contributed by atoms with Crippen LogP contribution in [0.25, 0.3) is 0 Å². The predicted octanol–water partition coefficient (Wildman–Crippen LogP) is 28.3. The molecule has 0 aromatic carbocycles. The van der Waals surface area contributed by atoms with Crippen molar-refractivity contribution in [2.24, 2.45) is 0 Å². The molecule has 0 saturated heterocycles. The second kappa shape index (κ2) is 80.0. The quantitative estimate of drug-likeness (QED) is 0.0195. The summed E-state index contributed by atoms with van der Waals surface area (Å²) in [7, 11) is 1.18. The lowest BCUT2D eigenvalue weighted by Gasteiger charge is -2.28. The van der Waals surface area contributed by atoms with Gasteiger partial charge in [-0.05, 0) is 96.3 Å². The Bertz CT molecular complexity index is 2010. The Morgan fingerprint density at radius 1 is 0.320 bits per heavy atom. The van der Waals surface area contributed by atoms with E-state index in [1.165, 1.54) is 295 Å². The third kappa shape index (κ3) is 83.9. The van der Waals surface area contributed by atoms with Gasteiger partial charge in [0.25, 0.3) is 7.82 Å². The van der Waals surface area contributed by atoms with Crippen LogP contribution in [0, 0.1) is 0 Å². The van der Waals surface area contributed by atoms with Crippen LogP contribution in [0.5, 0.6) is 0 Å². The van der Waals surface area contributed by atoms with E-state index >= 15 is 0 Å². The smallest absolute Gasteiger partial charge is 0.306 e. The zero-order chi connectivity index (χ0) is 72.5. The lowest BCUT2D eigenvalue weighted by molar-refractivity contribution is -0.870. The maximum atomic E-state index is 12.9. The number of rotatable bonds is 80. The van der Waals surface area contributed by atoms with E-state index in [1.54, 1.807) is 0 Å². The highest BCUT2D eigenvalue weighted by Crippen LogP contribution is 2.38.